The zero-order chi connectivity index (χ0) is 9.31. The smallest absolute Gasteiger partial charge is 0.109 e. The molecule has 68 valence electrons. The molecule has 0 atom stereocenters. The zero-order valence-electron chi connectivity index (χ0n) is 7.66. The minimum atomic E-state index is -0.183. The van der Waals surface area contributed by atoms with Crippen LogP contribution >= 0.6 is 0 Å². The molecule has 0 unspecified atom stereocenters. The summed E-state index contributed by atoms with van der Waals surface area (Å²) in [6.07, 6.45) is 5.38. The maximum atomic E-state index is 8.94. The Bertz CT molecular complexity index is 319. The molecule has 0 N–H and O–H groups in total. The molecular formula is C10H12N2O. The van der Waals surface area contributed by atoms with E-state index < -0.39 is 0 Å². The standard InChI is InChI=1S/C10H12N2O/c1-12(10(8-11)3-4-10)6-9-2-5-13-7-9/h2,5,7H,3-4,6H2,1H3. The third-order valence-electron chi connectivity index (χ3n) is 2.66. The van der Waals surface area contributed by atoms with E-state index in [2.05, 4.69) is 11.0 Å². The van der Waals surface area contributed by atoms with Crippen molar-refractivity contribution in [2.45, 2.75) is 24.9 Å². The molecule has 13 heavy (non-hydrogen) atoms. The Hall–Kier alpha value is -1.27. The lowest BCUT2D eigenvalue weighted by atomic mass is 10.2. The van der Waals surface area contributed by atoms with E-state index in [9.17, 15) is 0 Å². The van der Waals surface area contributed by atoms with Crippen LogP contribution in [0.3, 0.4) is 0 Å². The summed E-state index contributed by atoms with van der Waals surface area (Å²) in [5, 5.41) is 8.94. The van der Waals surface area contributed by atoms with E-state index in [-0.39, 0.29) is 5.54 Å². The van der Waals surface area contributed by atoms with Crippen molar-refractivity contribution >= 4 is 0 Å². The summed E-state index contributed by atoms with van der Waals surface area (Å²) < 4.78 is 4.97. The Morgan fingerprint density at radius 1 is 1.69 bits per heavy atom. The third kappa shape index (κ3) is 1.45. The molecule has 3 nitrogen and oxygen atoms in total. The van der Waals surface area contributed by atoms with Gasteiger partial charge in [0.05, 0.1) is 18.6 Å². The fourth-order valence-electron chi connectivity index (χ4n) is 1.51. The van der Waals surface area contributed by atoms with E-state index in [4.69, 9.17) is 9.68 Å². The van der Waals surface area contributed by atoms with Crippen molar-refractivity contribution in [2.75, 3.05) is 7.05 Å². The number of nitriles is 1. The molecule has 1 aliphatic rings. The quantitative estimate of drug-likeness (QED) is 0.704. The first-order valence-electron chi connectivity index (χ1n) is 4.40. The first kappa shape index (κ1) is 8.33. The molecule has 0 amide bonds. The maximum Gasteiger partial charge on any atom is 0.109 e. The van der Waals surface area contributed by atoms with Crippen molar-refractivity contribution in [1.29, 1.82) is 5.26 Å². The monoisotopic (exact) mass is 176 g/mol. The average Bonchev–Trinajstić information content (AvgIpc) is 2.79. The van der Waals surface area contributed by atoms with Gasteiger partial charge in [-0.1, -0.05) is 0 Å². The lowest BCUT2D eigenvalue weighted by Gasteiger charge is -2.20. The van der Waals surface area contributed by atoms with Crippen LogP contribution < -0.4 is 0 Å². The number of rotatable bonds is 3. The first-order chi connectivity index (χ1) is 6.27. The molecule has 0 radical (unpaired) electrons. The van der Waals surface area contributed by atoms with Crippen molar-refractivity contribution in [2.24, 2.45) is 0 Å². The molecule has 1 aromatic heterocycles. The molecule has 1 fully saturated rings. The highest BCUT2D eigenvalue weighted by Gasteiger charge is 2.46. The van der Waals surface area contributed by atoms with Gasteiger partial charge in [-0.25, -0.2) is 0 Å². The summed E-state index contributed by atoms with van der Waals surface area (Å²) in [5.74, 6) is 0. The minimum Gasteiger partial charge on any atom is -0.472 e. The second-order valence-electron chi connectivity index (χ2n) is 3.63. The lowest BCUT2D eigenvalue weighted by Crippen LogP contribution is -2.31. The van der Waals surface area contributed by atoms with Gasteiger partial charge in [0.2, 0.25) is 0 Å². The van der Waals surface area contributed by atoms with Crippen LogP contribution in [-0.2, 0) is 6.54 Å². The summed E-state index contributed by atoms with van der Waals surface area (Å²) in [6, 6.07) is 4.29. The Kier molecular flexibility index (Phi) is 1.86. The molecule has 2 rings (SSSR count). The highest BCUT2D eigenvalue weighted by molar-refractivity contribution is 5.20. The summed E-state index contributed by atoms with van der Waals surface area (Å²) >= 11 is 0. The first-order valence-corrected chi connectivity index (χ1v) is 4.40. The summed E-state index contributed by atoms with van der Waals surface area (Å²) in [5.41, 5.74) is 0.945. The van der Waals surface area contributed by atoms with E-state index in [0.717, 1.165) is 24.9 Å². The van der Waals surface area contributed by atoms with Gasteiger partial charge < -0.3 is 4.42 Å². The molecule has 1 heterocycles. The Balaban J connectivity index is 2.00. The Labute approximate surface area is 77.6 Å². The summed E-state index contributed by atoms with van der Waals surface area (Å²) in [4.78, 5) is 2.10. The fourth-order valence-corrected chi connectivity index (χ4v) is 1.51. The highest BCUT2D eigenvalue weighted by Crippen LogP contribution is 2.40. The largest absolute Gasteiger partial charge is 0.472 e. The molecule has 1 aromatic rings. The van der Waals surface area contributed by atoms with Crippen molar-refractivity contribution < 1.29 is 4.42 Å². The van der Waals surface area contributed by atoms with Crippen LogP contribution in [-0.4, -0.2) is 17.5 Å². The Morgan fingerprint density at radius 2 is 2.46 bits per heavy atom. The number of hydrogen-bond acceptors (Lipinski definition) is 3. The molecule has 0 aromatic carbocycles. The van der Waals surface area contributed by atoms with Crippen LogP contribution in [0.2, 0.25) is 0 Å². The van der Waals surface area contributed by atoms with Gasteiger partial charge in [0.15, 0.2) is 0 Å². The van der Waals surface area contributed by atoms with Gasteiger partial charge in [0.1, 0.15) is 5.54 Å². The van der Waals surface area contributed by atoms with Gasteiger partial charge in [0, 0.05) is 12.1 Å². The molecule has 0 spiro atoms. The minimum absolute atomic E-state index is 0.183. The molecule has 1 aliphatic carbocycles. The molecule has 1 saturated carbocycles. The van der Waals surface area contributed by atoms with Crippen LogP contribution in [0, 0.1) is 11.3 Å². The highest BCUT2D eigenvalue weighted by atomic mass is 16.3. The normalized spacial score (nSPS) is 18.5. The van der Waals surface area contributed by atoms with Crippen LogP contribution in [0.4, 0.5) is 0 Å². The number of furan rings is 1. The van der Waals surface area contributed by atoms with E-state index in [1.165, 1.54) is 0 Å². The van der Waals surface area contributed by atoms with Crippen LogP contribution in [0.5, 0.6) is 0 Å². The van der Waals surface area contributed by atoms with Crippen molar-refractivity contribution in [3.05, 3.63) is 24.2 Å². The third-order valence-corrected chi connectivity index (χ3v) is 2.66. The predicted molar refractivity (Wildman–Crippen MR) is 47.8 cm³/mol. The van der Waals surface area contributed by atoms with Crippen molar-refractivity contribution in [3.63, 3.8) is 0 Å². The molecule has 3 heteroatoms. The predicted octanol–water partition coefficient (Wildman–Crippen LogP) is 1.77. The second-order valence-corrected chi connectivity index (χ2v) is 3.63. The van der Waals surface area contributed by atoms with E-state index in [1.807, 2.05) is 13.1 Å². The topological polar surface area (TPSA) is 40.2 Å². The van der Waals surface area contributed by atoms with E-state index in [1.54, 1.807) is 12.5 Å². The zero-order valence-corrected chi connectivity index (χ0v) is 7.66. The number of nitrogens with zero attached hydrogens (tertiary/aromatic N) is 2. The molecule has 0 aliphatic heterocycles. The van der Waals surface area contributed by atoms with Crippen LogP contribution in [0.25, 0.3) is 0 Å². The van der Waals surface area contributed by atoms with Crippen LogP contribution in [0.1, 0.15) is 18.4 Å². The second kappa shape index (κ2) is 2.90. The maximum absolute atomic E-state index is 8.94. The summed E-state index contributed by atoms with van der Waals surface area (Å²) in [6.45, 7) is 0.796. The van der Waals surface area contributed by atoms with Gasteiger partial charge in [-0.05, 0) is 26.0 Å². The Morgan fingerprint density at radius 3 is 2.92 bits per heavy atom. The van der Waals surface area contributed by atoms with E-state index >= 15 is 0 Å². The number of hydrogen-bond donors (Lipinski definition) is 0. The average molecular weight is 176 g/mol. The van der Waals surface area contributed by atoms with Gasteiger partial charge in [-0.3, -0.25) is 4.90 Å². The lowest BCUT2D eigenvalue weighted by molar-refractivity contribution is 0.261. The van der Waals surface area contributed by atoms with Crippen molar-refractivity contribution in [1.82, 2.24) is 4.90 Å². The van der Waals surface area contributed by atoms with Gasteiger partial charge in [-0.2, -0.15) is 5.26 Å². The molecule has 0 saturated heterocycles. The fraction of sp³-hybridized carbons (Fsp3) is 0.500. The summed E-state index contributed by atoms with van der Waals surface area (Å²) in [7, 11) is 1.99. The molecule has 0 bridgehead atoms. The van der Waals surface area contributed by atoms with Gasteiger partial charge >= 0.3 is 0 Å². The molecular weight excluding hydrogens is 164 g/mol. The van der Waals surface area contributed by atoms with Crippen molar-refractivity contribution in [3.8, 4) is 6.07 Å². The van der Waals surface area contributed by atoms with Gasteiger partial charge in [0.25, 0.3) is 0 Å². The van der Waals surface area contributed by atoms with E-state index in [0.29, 0.717) is 0 Å². The van der Waals surface area contributed by atoms with Crippen LogP contribution in [0.15, 0.2) is 23.0 Å². The SMILES string of the molecule is CN(Cc1ccoc1)C1(C#N)CC1. The van der Waals surface area contributed by atoms with Gasteiger partial charge in [-0.15, -0.1) is 0 Å².